The lowest BCUT2D eigenvalue weighted by Crippen LogP contribution is -2.69. The van der Waals surface area contributed by atoms with Gasteiger partial charge in [-0.05, 0) is 24.3 Å². The summed E-state index contributed by atoms with van der Waals surface area (Å²) in [4.78, 5) is 14.3. The predicted molar refractivity (Wildman–Crippen MR) is 372 cm³/mol. The van der Waals surface area contributed by atoms with Crippen molar-refractivity contribution in [1.29, 1.82) is 0 Å². The van der Waals surface area contributed by atoms with Crippen LogP contribution in [0.15, 0.2) is 36.9 Å². The van der Waals surface area contributed by atoms with Crippen LogP contribution in [0.25, 0.3) is 0 Å². The summed E-state index contributed by atoms with van der Waals surface area (Å²) >= 11 is 0. The molecule has 0 aliphatic carbocycles. The Labute approximate surface area is 637 Å². The second-order valence-corrected chi connectivity index (χ2v) is 26.9. The molecule has 0 saturated carbocycles. The van der Waals surface area contributed by atoms with Gasteiger partial charge >= 0.3 is 0 Å². The summed E-state index contributed by atoms with van der Waals surface area (Å²) in [6.07, 6.45) is -36.6. The van der Waals surface area contributed by atoms with Gasteiger partial charge in [0, 0.05) is 154 Å². The van der Waals surface area contributed by atoms with Gasteiger partial charge in [0.2, 0.25) is 0 Å². The summed E-state index contributed by atoms with van der Waals surface area (Å²) in [7, 11) is 29.8. The van der Waals surface area contributed by atoms with Gasteiger partial charge in [0.25, 0.3) is 5.91 Å². The number of hydrogen-bond acceptors (Lipinski definition) is 36. The number of hydrogen-bond donors (Lipinski definition) is 1. The van der Waals surface area contributed by atoms with Crippen LogP contribution in [0.2, 0.25) is 0 Å². The van der Waals surface area contributed by atoms with Crippen molar-refractivity contribution >= 4 is 5.91 Å². The molecular weight excluding hydrogens is 1450 g/mol. The molecule has 21 fully saturated rings. The molecule has 0 spiro atoms. The minimum atomic E-state index is -1.36. The van der Waals surface area contributed by atoms with Crippen LogP contribution in [0.1, 0.15) is 10.4 Å². The predicted octanol–water partition coefficient (Wildman–Crippen LogP) is -0.146. The molecule has 21 saturated heterocycles. The number of amides is 1. The van der Waals surface area contributed by atoms with Crippen molar-refractivity contribution in [1.82, 2.24) is 5.32 Å². The van der Waals surface area contributed by atoms with E-state index in [1.807, 2.05) is 0 Å². The van der Waals surface area contributed by atoms with Crippen LogP contribution in [0.5, 0.6) is 5.75 Å². The molecule has 21 aliphatic heterocycles. The van der Waals surface area contributed by atoms with Crippen molar-refractivity contribution in [2.24, 2.45) is 0 Å². The van der Waals surface area contributed by atoms with E-state index >= 15 is 0 Å². The first-order valence-corrected chi connectivity index (χ1v) is 36.2. The molecule has 37 heteroatoms. The Morgan fingerprint density at radius 1 is 0.294 bits per heavy atom. The quantitative estimate of drug-likeness (QED) is 0.0917. The molecule has 14 bridgehead atoms. The average Bonchev–Trinajstić information content (AvgIpc) is 0.819. The molecule has 37 nitrogen and oxygen atoms in total. The Kier molecular flexibility index (Phi) is 36.5. The third-order valence-corrected chi connectivity index (χ3v) is 20.9. The molecule has 0 aromatic heterocycles. The summed E-state index contributed by atoms with van der Waals surface area (Å²) in [6, 6.07) is 6.60. The van der Waals surface area contributed by atoms with Crippen molar-refractivity contribution in [2.75, 3.05) is 195 Å². The third-order valence-electron chi connectivity index (χ3n) is 20.9. The highest BCUT2D eigenvalue weighted by molar-refractivity contribution is 5.94. The van der Waals surface area contributed by atoms with Gasteiger partial charge in [-0.1, -0.05) is 12.7 Å². The van der Waals surface area contributed by atoms with Gasteiger partial charge in [-0.25, -0.2) is 0 Å². The van der Waals surface area contributed by atoms with Gasteiger partial charge in [0.1, 0.15) is 183 Å². The van der Waals surface area contributed by atoms with Crippen molar-refractivity contribution < 1.29 is 171 Å². The zero-order valence-corrected chi connectivity index (χ0v) is 66.2. The van der Waals surface area contributed by atoms with Crippen LogP contribution in [0.4, 0.5) is 0 Å². The van der Waals surface area contributed by atoms with E-state index < -0.39 is 221 Å². The molecule has 0 radical (unpaired) electrons. The first kappa shape index (κ1) is 89.8. The Morgan fingerprint density at radius 3 is 0.670 bits per heavy atom. The largest absolute Gasteiger partial charge is 0.490 e. The average molecular weight is 1570 g/mol. The zero-order valence-electron chi connectivity index (χ0n) is 66.2. The van der Waals surface area contributed by atoms with Crippen LogP contribution in [0.3, 0.4) is 0 Å². The monoisotopic (exact) mass is 1570 g/mol. The number of ether oxygens (including phenoxy) is 35. The highest BCUT2D eigenvalue weighted by Gasteiger charge is 2.62. The summed E-state index contributed by atoms with van der Waals surface area (Å²) in [6.45, 7) is 3.32. The Balaban J connectivity index is 1.15. The molecule has 1 aromatic rings. The fraction of sp³-hybridized carbons (Fsp3) is 0.875. The van der Waals surface area contributed by atoms with Crippen molar-refractivity contribution in [3.63, 3.8) is 0 Å². The standard InChI is InChI=1S/C72H119NO36/c1-22-27-95-36-25-23-35(24-26-36)65(74)73-28-37-44-51(81-8)58(88-15)66(96-37)104-45-38(29-75-2)98-68(60(90-17)52(45)82-9)106-47-40(31-77-4)100-70(62(92-19)54(47)84-11)108-49-42(33-79-6)102-72(64(94-21)56(49)86-13)109-50-43(34-80-7)101-71(63(93-20)57(50)87-14)107-48-41(32-78-5)99-69(61(91-18)55(48)85-12)105-46-39(30-76-3)97-67(103-44)59(89-16)53(46)83-10/h22-26,37-64,66-72H,1,27-34H2,2-21H3,(H,73,74)/t37-,38-,39-,40-,41-,42-,43-,44-,45-,46-,47-,48-,49-,50-,51+,52+,53+,54+,55+,56+,57+,58-,59-,60+,61-,62+,63-,64-,66-,67-,68-,69-,70-,71-,72-/m1/s1. The smallest absolute Gasteiger partial charge is 0.251 e. The molecule has 1 aromatic carbocycles. The van der Waals surface area contributed by atoms with Gasteiger partial charge in [-0.2, -0.15) is 0 Å². The first-order valence-electron chi connectivity index (χ1n) is 36.2. The maximum atomic E-state index is 14.3. The van der Waals surface area contributed by atoms with E-state index in [1.165, 1.54) is 142 Å². The molecule has 35 atom stereocenters. The van der Waals surface area contributed by atoms with Gasteiger partial charge in [0.05, 0.1) is 39.6 Å². The van der Waals surface area contributed by atoms with E-state index in [0.29, 0.717) is 11.3 Å². The molecule has 628 valence electrons. The van der Waals surface area contributed by atoms with E-state index in [4.69, 9.17) is 166 Å². The van der Waals surface area contributed by atoms with Crippen LogP contribution >= 0.6 is 0 Å². The van der Waals surface area contributed by atoms with Crippen LogP contribution in [0, 0.1) is 0 Å². The Hall–Kier alpha value is -3.13. The summed E-state index contributed by atoms with van der Waals surface area (Å²) in [5, 5.41) is 3.03. The maximum Gasteiger partial charge on any atom is 0.251 e. The van der Waals surface area contributed by atoms with E-state index in [0.717, 1.165) is 0 Å². The Morgan fingerprint density at radius 2 is 0.486 bits per heavy atom. The minimum Gasteiger partial charge on any atom is -0.490 e. The lowest BCUT2D eigenvalue weighted by molar-refractivity contribution is -0.402. The summed E-state index contributed by atoms with van der Waals surface area (Å²) in [5.74, 6) is 0.0567. The highest BCUT2D eigenvalue weighted by Crippen LogP contribution is 2.43. The van der Waals surface area contributed by atoms with E-state index in [2.05, 4.69) is 11.9 Å². The number of benzene rings is 1. The number of methoxy groups -OCH3 is 20. The second-order valence-electron chi connectivity index (χ2n) is 26.9. The SMILES string of the molecule is C=CCOc1ccc(C(=O)NC[C@H]2O[C@@H]3O[C@H]4[C@H](OC)[C@H](OC)[C@@H](O[C@H]5[C@H](OC)[C@H](OC)[C@@H](O[C@H]6[C@H](OC)[C@@H](OC)[C@@H](O[C@H]7[C@H](OC)[C@@H](OC)[C@@H](O[C@H]8[C@H](OC)[C@@H](OC)[C@@H](O[C@H]9[C@H](OC)[C@@H](OC)[C@@H](O[C@H]2[C@H](OC)[C@H]3OC)O[C@@H]9COC)O[C@@H]8COC)O[C@@H]7COC)O[C@@H]6COC)O[C@@H]5COC)O[C@@H]4COC)cc1. The molecule has 109 heavy (non-hydrogen) atoms. The van der Waals surface area contributed by atoms with Gasteiger partial charge in [-0.3, -0.25) is 4.79 Å². The van der Waals surface area contributed by atoms with Crippen molar-refractivity contribution in [2.45, 2.75) is 215 Å². The van der Waals surface area contributed by atoms with Crippen LogP contribution in [-0.2, 0) is 161 Å². The topological polar surface area (TPSA) is 352 Å². The highest BCUT2D eigenvalue weighted by atomic mass is 16.8. The summed E-state index contributed by atoms with van der Waals surface area (Å²) in [5.41, 5.74) is 0.304. The number of rotatable bonds is 32. The molecule has 22 rings (SSSR count). The van der Waals surface area contributed by atoms with Gasteiger partial charge in [-0.15, -0.1) is 0 Å². The minimum absolute atomic E-state index is 0.0574. The van der Waals surface area contributed by atoms with Gasteiger partial charge in [0.15, 0.2) is 44.0 Å². The van der Waals surface area contributed by atoms with E-state index in [9.17, 15) is 4.79 Å². The molecular formula is C72H119NO36. The fourth-order valence-corrected chi connectivity index (χ4v) is 15.9. The second kappa shape index (κ2) is 44.3. The normalized spacial score (nSPS) is 42.4. The van der Waals surface area contributed by atoms with Gasteiger partial charge < -0.3 is 171 Å². The van der Waals surface area contributed by atoms with Crippen molar-refractivity contribution in [3.8, 4) is 5.75 Å². The number of nitrogens with one attached hydrogen (secondary N) is 1. The lowest BCUT2D eigenvalue weighted by Gasteiger charge is -2.52. The van der Waals surface area contributed by atoms with Crippen LogP contribution < -0.4 is 10.1 Å². The fourth-order valence-electron chi connectivity index (χ4n) is 15.9. The maximum absolute atomic E-state index is 14.3. The van der Waals surface area contributed by atoms with Crippen molar-refractivity contribution in [3.05, 3.63) is 42.5 Å². The zero-order chi connectivity index (χ0) is 78.6. The summed E-state index contributed by atoms with van der Waals surface area (Å²) < 4.78 is 228. The molecule has 1 N–H and O–H groups in total. The number of carbonyl (C=O) groups is 1. The van der Waals surface area contributed by atoms with Crippen LogP contribution in [-0.4, -0.2) is 416 Å². The van der Waals surface area contributed by atoms with E-state index in [-0.39, 0.29) is 52.8 Å². The van der Waals surface area contributed by atoms with E-state index in [1.54, 1.807) is 30.3 Å². The molecule has 0 unspecified atom stereocenters. The molecule has 1 amide bonds. The third kappa shape index (κ3) is 20.3. The Bertz CT molecular complexity index is 2740. The molecule has 21 heterocycles. The number of carbonyl (C=O) groups excluding carboxylic acids is 1. The first-order chi connectivity index (χ1) is 53.0. The molecule has 21 aliphatic rings. The lowest BCUT2D eigenvalue weighted by atomic mass is 9.94.